The van der Waals surface area contributed by atoms with Gasteiger partial charge in [-0.15, -0.1) is 0 Å². The Morgan fingerprint density at radius 1 is 0.867 bits per heavy atom. The third-order valence-electron chi connectivity index (χ3n) is 5.20. The van der Waals surface area contributed by atoms with E-state index in [1.54, 1.807) is 7.11 Å². The molecule has 0 saturated carbocycles. The van der Waals surface area contributed by atoms with Crippen LogP contribution in [0.5, 0.6) is 5.75 Å². The van der Waals surface area contributed by atoms with Crippen LogP contribution in [0.2, 0.25) is 0 Å². The predicted octanol–water partition coefficient (Wildman–Crippen LogP) is 5.14. The van der Waals surface area contributed by atoms with E-state index in [1.807, 2.05) is 21.0 Å². The van der Waals surface area contributed by atoms with Gasteiger partial charge in [0, 0.05) is 63.9 Å². The van der Waals surface area contributed by atoms with Crippen molar-refractivity contribution in [2.45, 2.75) is 33.3 Å². The van der Waals surface area contributed by atoms with Gasteiger partial charge < -0.3 is 24.0 Å². The molecule has 0 bridgehead atoms. The van der Waals surface area contributed by atoms with Gasteiger partial charge in [-0.3, -0.25) is 0 Å². The lowest BCUT2D eigenvalue weighted by Gasteiger charge is -2.26. The summed E-state index contributed by atoms with van der Waals surface area (Å²) in [5, 5.41) is 0. The molecule has 0 radical (unpaired) electrons. The molecule has 5 nitrogen and oxygen atoms in total. The van der Waals surface area contributed by atoms with E-state index in [9.17, 15) is 0 Å². The SMILES string of the molecule is CCOc1cc(N(CC)CC)ccc1C(OCCCOC)c1ccc(N(C)C)cc1. The number of methoxy groups -OCH3 is 1. The molecule has 30 heavy (non-hydrogen) atoms. The lowest BCUT2D eigenvalue weighted by atomic mass is 9.99. The van der Waals surface area contributed by atoms with Crippen molar-refractivity contribution in [3.05, 3.63) is 53.6 Å². The first-order valence-corrected chi connectivity index (χ1v) is 10.9. The summed E-state index contributed by atoms with van der Waals surface area (Å²) in [7, 11) is 5.82. The normalized spacial score (nSPS) is 11.9. The molecule has 0 amide bonds. The van der Waals surface area contributed by atoms with Crippen LogP contribution in [0.4, 0.5) is 11.4 Å². The van der Waals surface area contributed by atoms with Crippen molar-refractivity contribution >= 4 is 11.4 Å². The van der Waals surface area contributed by atoms with E-state index in [-0.39, 0.29) is 6.10 Å². The molecule has 0 fully saturated rings. The summed E-state index contributed by atoms with van der Waals surface area (Å²) >= 11 is 0. The fourth-order valence-electron chi connectivity index (χ4n) is 3.52. The van der Waals surface area contributed by atoms with Crippen molar-refractivity contribution in [2.75, 3.05) is 63.9 Å². The second-order valence-corrected chi connectivity index (χ2v) is 7.41. The summed E-state index contributed by atoms with van der Waals surface area (Å²) in [6.45, 7) is 10.2. The minimum atomic E-state index is -0.189. The molecule has 0 spiro atoms. The summed E-state index contributed by atoms with van der Waals surface area (Å²) in [5.41, 5.74) is 4.52. The molecule has 1 unspecified atom stereocenters. The van der Waals surface area contributed by atoms with Crippen LogP contribution < -0.4 is 14.5 Å². The van der Waals surface area contributed by atoms with Crippen LogP contribution >= 0.6 is 0 Å². The van der Waals surface area contributed by atoms with Gasteiger partial charge in [-0.05, 0) is 51.0 Å². The van der Waals surface area contributed by atoms with Gasteiger partial charge in [0.15, 0.2) is 0 Å². The van der Waals surface area contributed by atoms with Gasteiger partial charge in [-0.1, -0.05) is 18.2 Å². The summed E-state index contributed by atoms with van der Waals surface area (Å²) < 4.78 is 17.6. The van der Waals surface area contributed by atoms with Crippen LogP contribution in [0.3, 0.4) is 0 Å². The van der Waals surface area contributed by atoms with Crippen molar-refractivity contribution in [1.82, 2.24) is 0 Å². The van der Waals surface area contributed by atoms with Gasteiger partial charge in [0.05, 0.1) is 13.2 Å². The Kier molecular flexibility index (Phi) is 9.98. The summed E-state index contributed by atoms with van der Waals surface area (Å²) in [5.74, 6) is 0.885. The molecular formula is C25H38N2O3. The Hall–Kier alpha value is -2.24. The monoisotopic (exact) mass is 414 g/mol. The maximum Gasteiger partial charge on any atom is 0.127 e. The first-order chi connectivity index (χ1) is 14.5. The summed E-state index contributed by atoms with van der Waals surface area (Å²) in [4.78, 5) is 4.43. The second kappa shape index (κ2) is 12.5. The van der Waals surface area contributed by atoms with Crippen LogP contribution in [0.15, 0.2) is 42.5 Å². The standard InChI is InChI=1S/C25H38N2O3/c1-7-27(8-2)22-15-16-23(24(19-22)29-9-3)25(30-18-10-17-28-6)20-11-13-21(14-12-20)26(4)5/h11-16,19,25H,7-10,17-18H2,1-6H3. The minimum Gasteiger partial charge on any atom is -0.493 e. The second-order valence-electron chi connectivity index (χ2n) is 7.41. The van der Waals surface area contributed by atoms with Crippen LogP contribution in [-0.4, -0.2) is 54.1 Å². The molecule has 0 aliphatic rings. The molecule has 5 heteroatoms. The zero-order valence-electron chi connectivity index (χ0n) is 19.5. The third-order valence-corrected chi connectivity index (χ3v) is 5.20. The Labute approximate surface area is 182 Å². The molecular weight excluding hydrogens is 376 g/mol. The minimum absolute atomic E-state index is 0.189. The number of benzene rings is 2. The van der Waals surface area contributed by atoms with Crippen molar-refractivity contribution in [3.63, 3.8) is 0 Å². The number of hydrogen-bond acceptors (Lipinski definition) is 5. The van der Waals surface area contributed by atoms with Crippen molar-refractivity contribution in [2.24, 2.45) is 0 Å². The topological polar surface area (TPSA) is 34.2 Å². The number of anilines is 2. The summed E-state index contributed by atoms with van der Waals surface area (Å²) in [6.07, 6.45) is 0.662. The quantitative estimate of drug-likeness (QED) is 0.424. The van der Waals surface area contributed by atoms with Gasteiger partial charge >= 0.3 is 0 Å². The zero-order valence-corrected chi connectivity index (χ0v) is 19.5. The number of hydrogen-bond donors (Lipinski definition) is 0. The van der Waals surface area contributed by atoms with E-state index in [0.29, 0.717) is 19.8 Å². The lowest BCUT2D eigenvalue weighted by Crippen LogP contribution is -2.22. The van der Waals surface area contributed by atoms with Crippen molar-refractivity contribution in [3.8, 4) is 5.75 Å². The molecule has 2 aromatic rings. The predicted molar refractivity (Wildman–Crippen MR) is 126 cm³/mol. The van der Waals surface area contributed by atoms with E-state index in [2.05, 4.69) is 66.1 Å². The highest BCUT2D eigenvalue weighted by molar-refractivity contribution is 5.56. The van der Waals surface area contributed by atoms with Gasteiger partial charge in [-0.2, -0.15) is 0 Å². The fourth-order valence-corrected chi connectivity index (χ4v) is 3.52. The number of rotatable bonds is 13. The molecule has 0 aliphatic heterocycles. The average Bonchev–Trinajstić information content (AvgIpc) is 2.76. The molecule has 0 heterocycles. The number of nitrogens with zero attached hydrogens (tertiary/aromatic N) is 2. The van der Waals surface area contributed by atoms with Crippen molar-refractivity contribution < 1.29 is 14.2 Å². The Morgan fingerprint density at radius 2 is 1.53 bits per heavy atom. The maximum atomic E-state index is 6.37. The molecule has 2 aromatic carbocycles. The first-order valence-electron chi connectivity index (χ1n) is 10.9. The van der Waals surface area contributed by atoms with E-state index in [0.717, 1.165) is 36.4 Å². The van der Waals surface area contributed by atoms with Gasteiger partial charge in [0.1, 0.15) is 11.9 Å². The Morgan fingerprint density at radius 3 is 2.10 bits per heavy atom. The van der Waals surface area contributed by atoms with Crippen LogP contribution in [-0.2, 0) is 9.47 Å². The summed E-state index contributed by atoms with van der Waals surface area (Å²) in [6, 6.07) is 15.0. The highest BCUT2D eigenvalue weighted by Gasteiger charge is 2.21. The van der Waals surface area contributed by atoms with Gasteiger partial charge in [0.2, 0.25) is 0 Å². The highest BCUT2D eigenvalue weighted by Crippen LogP contribution is 2.36. The molecule has 1 atom stereocenters. The van der Waals surface area contributed by atoms with E-state index in [1.165, 1.54) is 11.4 Å². The maximum absolute atomic E-state index is 6.37. The molecule has 166 valence electrons. The average molecular weight is 415 g/mol. The fraction of sp³-hybridized carbons (Fsp3) is 0.520. The van der Waals surface area contributed by atoms with Crippen LogP contribution in [0.1, 0.15) is 44.4 Å². The first kappa shape index (κ1) is 24.0. The van der Waals surface area contributed by atoms with E-state index >= 15 is 0 Å². The van der Waals surface area contributed by atoms with Gasteiger partial charge in [0.25, 0.3) is 0 Å². The Balaban J connectivity index is 2.42. The van der Waals surface area contributed by atoms with E-state index < -0.39 is 0 Å². The lowest BCUT2D eigenvalue weighted by molar-refractivity contribution is 0.0601. The zero-order chi connectivity index (χ0) is 21.9. The molecule has 0 saturated heterocycles. The molecule has 0 aliphatic carbocycles. The highest BCUT2D eigenvalue weighted by atomic mass is 16.5. The molecule has 2 rings (SSSR count). The van der Waals surface area contributed by atoms with Crippen LogP contribution in [0.25, 0.3) is 0 Å². The Bertz CT molecular complexity index is 743. The smallest absolute Gasteiger partial charge is 0.127 e. The molecule has 0 aromatic heterocycles. The van der Waals surface area contributed by atoms with E-state index in [4.69, 9.17) is 14.2 Å². The largest absolute Gasteiger partial charge is 0.493 e. The van der Waals surface area contributed by atoms with Crippen LogP contribution in [0, 0.1) is 0 Å². The molecule has 0 N–H and O–H groups in total. The number of ether oxygens (including phenoxy) is 3. The van der Waals surface area contributed by atoms with Gasteiger partial charge in [-0.25, -0.2) is 0 Å². The van der Waals surface area contributed by atoms with Crippen molar-refractivity contribution in [1.29, 1.82) is 0 Å². The third kappa shape index (κ3) is 6.38.